The Bertz CT molecular complexity index is 939. The van der Waals surface area contributed by atoms with Gasteiger partial charge in [-0.1, -0.05) is 55.8 Å². The molecule has 2 aliphatic rings. The summed E-state index contributed by atoms with van der Waals surface area (Å²) in [7, 11) is 2.15. The van der Waals surface area contributed by atoms with Crippen LogP contribution in [0.25, 0.3) is 0 Å². The van der Waals surface area contributed by atoms with E-state index in [1.54, 1.807) is 4.90 Å². The molecule has 2 amide bonds. The first kappa shape index (κ1) is 24.4. The van der Waals surface area contributed by atoms with Gasteiger partial charge in [0.05, 0.1) is 12.0 Å². The van der Waals surface area contributed by atoms with Crippen LogP contribution in [0.3, 0.4) is 0 Å². The van der Waals surface area contributed by atoms with Crippen LogP contribution < -0.4 is 10.2 Å². The lowest BCUT2D eigenvalue weighted by Crippen LogP contribution is -2.48. The summed E-state index contributed by atoms with van der Waals surface area (Å²) in [6.07, 6.45) is 3.66. The molecule has 34 heavy (non-hydrogen) atoms. The van der Waals surface area contributed by atoms with Crippen molar-refractivity contribution in [1.29, 1.82) is 0 Å². The highest BCUT2D eigenvalue weighted by atomic mass is 16.2. The first-order chi connectivity index (χ1) is 16.5. The molecule has 0 aliphatic carbocycles. The van der Waals surface area contributed by atoms with Crippen LogP contribution >= 0.6 is 0 Å². The van der Waals surface area contributed by atoms with E-state index >= 15 is 0 Å². The molecule has 4 rings (SSSR count). The highest BCUT2D eigenvalue weighted by molar-refractivity contribution is 6.00. The highest BCUT2D eigenvalue weighted by Crippen LogP contribution is 2.27. The number of likely N-dealkylation sites (N-methyl/N-ethyl adjacent to an activating group) is 1. The Balaban J connectivity index is 1.40. The predicted octanol–water partition coefficient (Wildman–Crippen LogP) is 3.49. The van der Waals surface area contributed by atoms with Crippen molar-refractivity contribution in [2.24, 2.45) is 5.92 Å². The van der Waals surface area contributed by atoms with Crippen molar-refractivity contribution in [3.8, 4) is 0 Å². The summed E-state index contributed by atoms with van der Waals surface area (Å²) in [5.41, 5.74) is 3.29. The first-order valence-electron chi connectivity index (χ1n) is 12.7. The van der Waals surface area contributed by atoms with Crippen LogP contribution in [0.5, 0.6) is 0 Å². The van der Waals surface area contributed by atoms with E-state index in [1.807, 2.05) is 30.3 Å². The van der Waals surface area contributed by atoms with Crippen molar-refractivity contribution >= 4 is 17.5 Å². The van der Waals surface area contributed by atoms with Gasteiger partial charge >= 0.3 is 0 Å². The molecular weight excluding hydrogens is 424 g/mol. The molecule has 182 valence electrons. The van der Waals surface area contributed by atoms with Crippen molar-refractivity contribution in [3.63, 3.8) is 0 Å². The second kappa shape index (κ2) is 11.6. The minimum absolute atomic E-state index is 0.0248. The number of carbonyl (C=O) groups is 2. The molecule has 0 radical (unpaired) electrons. The van der Waals surface area contributed by atoms with Crippen molar-refractivity contribution in [2.45, 2.75) is 38.6 Å². The monoisotopic (exact) mass is 462 g/mol. The molecule has 0 spiro atoms. The molecule has 2 heterocycles. The fraction of sp³-hybridized carbons (Fsp3) is 0.500. The SMILES string of the molecule is CCCCc1ccc(N2CC(C(=O)NC(CN3CCN(C)CC3)c3ccccc3)CC2=O)cc1. The Morgan fingerprint density at radius 3 is 2.41 bits per heavy atom. The third-order valence-corrected chi connectivity index (χ3v) is 7.12. The molecule has 2 aromatic carbocycles. The Morgan fingerprint density at radius 2 is 1.74 bits per heavy atom. The summed E-state index contributed by atoms with van der Waals surface area (Å²) in [6, 6.07) is 18.3. The van der Waals surface area contributed by atoms with Gasteiger partial charge in [0.2, 0.25) is 11.8 Å². The zero-order valence-electron chi connectivity index (χ0n) is 20.6. The predicted molar refractivity (Wildman–Crippen MR) is 137 cm³/mol. The van der Waals surface area contributed by atoms with Gasteiger partial charge in [-0.05, 0) is 43.1 Å². The summed E-state index contributed by atoms with van der Waals surface area (Å²) >= 11 is 0. The average molecular weight is 463 g/mol. The Kier molecular flexibility index (Phi) is 8.35. The summed E-state index contributed by atoms with van der Waals surface area (Å²) in [5, 5.41) is 3.29. The van der Waals surface area contributed by atoms with E-state index in [2.05, 4.69) is 53.4 Å². The van der Waals surface area contributed by atoms with Crippen LogP contribution in [-0.2, 0) is 16.0 Å². The third-order valence-electron chi connectivity index (χ3n) is 7.12. The van der Waals surface area contributed by atoms with Gasteiger partial charge in [-0.2, -0.15) is 0 Å². The molecule has 6 heteroatoms. The number of anilines is 1. The second-order valence-corrected chi connectivity index (χ2v) is 9.75. The maximum atomic E-state index is 13.3. The van der Waals surface area contributed by atoms with E-state index in [0.29, 0.717) is 6.54 Å². The summed E-state index contributed by atoms with van der Waals surface area (Å²) < 4.78 is 0. The molecule has 6 nitrogen and oxygen atoms in total. The van der Waals surface area contributed by atoms with Crippen molar-refractivity contribution in [3.05, 3.63) is 65.7 Å². The molecule has 2 unspecified atom stereocenters. The van der Waals surface area contributed by atoms with E-state index in [4.69, 9.17) is 0 Å². The number of unbranched alkanes of at least 4 members (excludes halogenated alkanes) is 1. The fourth-order valence-corrected chi connectivity index (χ4v) is 4.85. The number of hydrogen-bond donors (Lipinski definition) is 1. The van der Waals surface area contributed by atoms with Gasteiger partial charge in [-0.3, -0.25) is 14.5 Å². The quantitative estimate of drug-likeness (QED) is 0.620. The van der Waals surface area contributed by atoms with Crippen molar-refractivity contribution in [2.75, 3.05) is 51.2 Å². The number of hydrogen-bond acceptors (Lipinski definition) is 4. The van der Waals surface area contributed by atoms with Crippen LogP contribution in [0.1, 0.15) is 43.4 Å². The van der Waals surface area contributed by atoms with Crippen molar-refractivity contribution < 1.29 is 9.59 Å². The number of nitrogens with zero attached hydrogens (tertiary/aromatic N) is 3. The molecule has 2 aromatic rings. The van der Waals surface area contributed by atoms with Crippen LogP contribution in [0.15, 0.2) is 54.6 Å². The zero-order chi connectivity index (χ0) is 23.9. The standard InChI is InChI=1S/C28H38N4O2/c1-3-4-8-22-11-13-25(14-12-22)32-20-24(19-27(32)33)28(34)29-26(23-9-6-5-7-10-23)21-31-17-15-30(2)16-18-31/h5-7,9-14,24,26H,3-4,8,15-21H2,1-2H3,(H,29,34). The molecule has 2 aliphatic heterocycles. The van der Waals surface area contributed by atoms with Crippen LogP contribution in [0.2, 0.25) is 0 Å². The van der Waals surface area contributed by atoms with Gasteiger partial charge in [-0.15, -0.1) is 0 Å². The van der Waals surface area contributed by atoms with Crippen molar-refractivity contribution in [1.82, 2.24) is 15.1 Å². The molecule has 0 saturated carbocycles. The maximum Gasteiger partial charge on any atom is 0.227 e. The molecule has 2 saturated heterocycles. The highest BCUT2D eigenvalue weighted by Gasteiger charge is 2.36. The Hall–Kier alpha value is -2.70. The van der Waals surface area contributed by atoms with Gasteiger partial charge in [0.15, 0.2) is 0 Å². The lowest BCUT2D eigenvalue weighted by Gasteiger charge is -2.35. The summed E-state index contributed by atoms with van der Waals surface area (Å²) in [4.78, 5) is 32.6. The minimum atomic E-state index is -0.328. The Morgan fingerprint density at radius 1 is 1.03 bits per heavy atom. The van der Waals surface area contributed by atoms with Gasteiger partial charge in [0, 0.05) is 51.4 Å². The van der Waals surface area contributed by atoms with Gasteiger partial charge in [0.1, 0.15) is 0 Å². The van der Waals surface area contributed by atoms with Gasteiger partial charge < -0.3 is 15.1 Å². The number of amides is 2. The average Bonchev–Trinajstić information content (AvgIpc) is 3.26. The summed E-state index contributed by atoms with van der Waals surface area (Å²) in [5.74, 6) is -0.332. The number of piperazine rings is 1. The number of carbonyl (C=O) groups excluding carboxylic acids is 2. The molecule has 2 fully saturated rings. The number of benzene rings is 2. The number of nitrogens with one attached hydrogen (secondary N) is 1. The lowest BCUT2D eigenvalue weighted by atomic mass is 10.0. The fourth-order valence-electron chi connectivity index (χ4n) is 4.85. The molecular formula is C28H38N4O2. The summed E-state index contributed by atoms with van der Waals surface area (Å²) in [6.45, 7) is 7.50. The van der Waals surface area contributed by atoms with E-state index in [0.717, 1.165) is 50.4 Å². The number of aryl methyl sites for hydroxylation is 1. The normalized spacial score (nSPS) is 20.5. The van der Waals surface area contributed by atoms with Crippen LogP contribution in [0.4, 0.5) is 5.69 Å². The minimum Gasteiger partial charge on any atom is -0.348 e. The van der Waals surface area contributed by atoms with E-state index in [-0.39, 0.29) is 30.2 Å². The topological polar surface area (TPSA) is 55.9 Å². The molecule has 2 atom stereocenters. The first-order valence-corrected chi connectivity index (χ1v) is 12.7. The van der Waals surface area contributed by atoms with E-state index in [9.17, 15) is 9.59 Å². The molecule has 0 bridgehead atoms. The van der Waals surface area contributed by atoms with Gasteiger partial charge in [0.25, 0.3) is 0 Å². The van der Waals surface area contributed by atoms with Gasteiger partial charge in [-0.25, -0.2) is 0 Å². The number of rotatable bonds is 9. The largest absolute Gasteiger partial charge is 0.348 e. The van der Waals surface area contributed by atoms with E-state index in [1.165, 1.54) is 18.4 Å². The third kappa shape index (κ3) is 6.24. The smallest absolute Gasteiger partial charge is 0.227 e. The zero-order valence-corrected chi connectivity index (χ0v) is 20.6. The second-order valence-electron chi connectivity index (χ2n) is 9.75. The Labute approximate surface area is 203 Å². The molecule has 0 aromatic heterocycles. The molecule has 1 N–H and O–H groups in total. The van der Waals surface area contributed by atoms with Crippen LogP contribution in [-0.4, -0.2) is 67.9 Å². The lowest BCUT2D eigenvalue weighted by molar-refractivity contribution is -0.127. The van der Waals surface area contributed by atoms with Crippen LogP contribution in [0, 0.1) is 5.92 Å². The van der Waals surface area contributed by atoms with E-state index < -0.39 is 0 Å². The maximum absolute atomic E-state index is 13.3.